The fraction of sp³-hybridized carbons (Fsp3) is 0.417. The molecule has 2 nitrogen and oxygen atoms in total. The van der Waals surface area contributed by atoms with Gasteiger partial charge in [0.25, 0.3) is 0 Å². The Hall–Kier alpha value is -1.18. The Bertz CT molecular complexity index is 329. The van der Waals surface area contributed by atoms with Crippen LogP contribution in [-0.4, -0.2) is 6.04 Å². The molecule has 0 unspecified atom stereocenters. The maximum atomic E-state index is 3.33. The first-order valence-electron chi connectivity index (χ1n) is 5.42. The summed E-state index contributed by atoms with van der Waals surface area (Å²) in [7, 11) is 0. The number of para-hydroxylation sites is 2. The van der Waals surface area contributed by atoms with E-state index in [1.165, 1.54) is 37.1 Å². The van der Waals surface area contributed by atoms with Gasteiger partial charge in [-0.15, -0.1) is 0 Å². The van der Waals surface area contributed by atoms with Crippen molar-refractivity contribution in [1.82, 2.24) is 0 Å². The zero-order valence-electron chi connectivity index (χ0n) is 8.24. The molecule has 3 rings (SSSR count). The number of fused-ring (bicyclic) bond motifs is 1. The first kappa shape index (κ1) is 8.16. The Morgan fingerprint density at radius 1 is 1.14 bits per heavy atom. The Morgan fingerprint density at radius 2 is 1.93 bits per heavy atom. The van der Waals surface area contributed by atoms with E-state index in [0.29, 0.717) is 0 Å². The molecular weight excluding hydrogens is 172 g/mol. The van der Waals surface area contributed by atoms with Crippen LogP contribution in [0.5, 0.6) is 0 Å². The van der Waals surface area contributed by atoms with Crippen molar-refractivity contribution < 1.29 is 0 Å². The van der Waals surface area contributed by atoms with E-state index in [4.69, 9.17) is 0 Å². The molecule has 1 heterocycles. The van der Waals surface area contributed by atoms with Crippen molar-refractivity contribution in [1.29, 1.82) is 0 Å². The summed E-state index contributed by atoms with van der Waals surface area (Å²) >= 11 is 0. The fourth-order valence-electron chi connectivity index (χ4n) is 2.51. The van der Waals surface area contributed by atoms with Crippen molar-refractivity contribution in [2.24, 2.45) is 0 Å². The van der Waals surface area contributed by atoms with E-state index in [9.17, 15) is 0 Å². The van der Waals surface area contributed by atoms with E-state index < -0.39 is 0 Å². The third-order valence-electron chi connectivity index (χ3n) is 3.26. The SMILES string of the molecule is [CH]1Nc2ccccc2N1C1CCCC1. The molecule has 73 valence electrons. The van der Waals surface area contributed by atoms with Crippen LogP contribution in [0.4, 0.5) is 11.4 Å². The van der Waals surface area contributed by atoms with Crippen LogP contribution in [0.25, 0.3) is 0 Å². The topological polar surface area (TPSA) is 15.3 Å². The lowest BCUT2D eigenvalue weighted by Gasteiger charge is -2.24. The zero-order valence-corrected chi connectivity index (χ0v) is 8.24. The number of hydrogen-bond acceptors (Lipinski definition) is 2. The second-order valence-electron chi connectivity index (χ2n) is 4.14. The predicted octanol–water partition coefficient (Wildman–Crippen LogP) is 2.98. The van der Waals surface area contributed by atoms with Gasteiger partial charge in [0.2, 0.25) is 0 Å². The molecule has 1 N–H and O–H groups in total. The van der Waals surface area contributed by atoms with Gasteiger partial charge in [-0.3, -0.25) is 0 Å². The van der Waals surface area contributed by atoms with E-state index in [2.05, 4.69) is 41.2 Å². The van der Waals surface area contributed by atoms with Gasteiger partial charge in [-0.2, -0.15) is 0 Å². The van der Waals surface area contributed by atoms with Crippen molar-refractivity contribution >= 4 is 11.4 Å². The Morgan fingerprint density at radius 3 is 2.79 bits per heavy atom. The Balaban J connectivity index is 1.89. The van der Waals surface area contributed by atoms with Gasteiger partial charge >= 0.3 is 0 Å². The van der Waals surface area contributed by atoms with E-state index in [1.54, 1.807) is 0 Å². The number of anilines is 2. The van der Waals surface area contributed by atoms with E-state index in [0.717, 1.165) is 6.04 Å². The molecule has 2 heteroatoms. The summed E-state index contributed by atoms with van der Waals surface area (Å²) in [6.07, 6.45) is 5.45. The van der Waals surface area contributed by atoms with Crippen molar-refractivity contribution in [2.75, 3.05) is 10.2 Å². The van der Waals surface area contributed by atoms with E-state index >= 15 is 0 Å². The highest BCUT2D eigenvalue weighted by Gasteiger charge is 2.27. The summed E-state index contributed by atoms with van der Waals surface area (Å²) in [5.41, 5.74) is 2.60. The normalized spacial score (nSPS) is 21.0. The minimum Gasteiger partial charge on any atom is -0.360 e. The molecule has 1 aromatic carbocycles. The van der Waals surface area contributed by atoms with Gasteiger partial charge in [-0.1, -0.05) is 25.0 Å². The number of rotatable bonds is 1. The summed E-state index contributed by atoms with van der Waals surface area (Å²) in [4.78, 5) is 2.41. The second kappa shape index (κ2) is 3.19. The fourth-order valence-corrected chi connectivity index (χ4v) is 2.51. The van der Waals surface area contributed by atoms with E-state index in [1.807, 2.05) is 0 Å². The molecule has 14 heavy (non-hydrogen) atoms. The molecule has 1 radical (unpaired) electrons. The van der Waals surface area contributed by atoms with Crippen LogP contribution in [0, 0.1) is 6.67 Å². The highest BCUT2D eigenvalue weighted by Crippen LogP contribution is 2.37. The lowest BCUT2D eigenvalue weighted by molar-refractivity contribution is 0.662. The minimum absolute atomic E-state index is 0.728. The van der Waals surface area contributed by atoms with Crippen LogP contribution in [0.1, 0.15) is 25.7 Å². The van der Waals surface area contributed by atoms with Crippen LogP contribution in [0.2, 0.25) is 0 Å². The highest BCUT2D eigenvalue weighted by molar-refractivity contribution is 5.77. The van der Waals surface area contributed by atoms with Crippen LogP contribution >= 0.6 is 0 Å². The summed E-state index contributed by atoms with van der Waals surface area (Å²) in [6.45, 7) is 2.13. The average Bonchev–Trinajstić information content (AvgIpc) is 2.85. The summed E-state index contributed by atoms with van der Waals surface area (Å²) in [5.74, 6) is 0. The smallest absolute Gasteiger partial charge is 0.139 e. The predicted molar refractivity (Wildman–Crippen MR) is 59.1 cm³/mol. The monoisotopic (exact) mass is 187 g/mol. The maximum Gasteiger partial charge on any atom is 0.139 e. The average molecular weight is 187 g/mol. The minimum atomic E-state index is 0.728. The molecule has 0 spiro atoms. The van der Waals surface area contributed by atoms with Gasteiger partial charge in [-0.05, 0) is 25.0 Å². The van der Waals surface area contributed by atoms with Gasteiger partial charge in [0.15, 0.2) is 0 Å². The van der Waals surface area contributed by atoms with Crippen molar-refractivity contribution in [3.8, 4) is 0 Å². The highest BCUT2D eigenvalue weighted by atomic mass is 15.3. The maximum absolute atomic E-state index is 3.33. The third kappa shape index (κ3) is 1.17. The summed E-state index contributed by atoms with van der Waals surface area (Å²) < 4.78 is 0. The molecule has 0 bridgehead atoms. The number of hydrogen-bond donors (Lipinski definition) is 1. The van der Waals surface area contributed by atoms with Gasteiger partial charge in [0, 0.05) is 6.04 Å². The van der Waals surface area contributed by atoms with Gasteiger partial charge in [0.05, 0.1) is 11.4 Å². The van der Waals surface area contributed by atoms with Gasteiger partial charge in [-0.25, -0.2) is 0 Å². The molecule has 0 saturated heterocycles. The molecule has 1 aliphatic carbocycles. The van der Waals surface area contributed by atoms with Crippen LogP contribution < -0.4 is 10.2 Å². The molecule has 1 aliphatic heterocycles. The lowest BCUT2D eigenvalue weighted by Crippen LogP contribution is -2.28. The first-order valence-corrected chi connectivity index (χ1v) is 5.42. The largest absolute Gasteiger partial charge is 0.360 e. The standard InChI is InChI=1S/C12H15N2/c1-2-6-10(5-1)14-9-13-11-7-3-4-8-12(11)14/h3-4,7-10,13H,1-2,5-6H2. The molecule has 1 saturated carbocycles. The zero-order chi connectivity index (χ0) is 9.38. The van der Waals surface area contributed by atoms with Gasteiger partial charge < -0.3 is 10.2 Å². The number of nitrogens with zero attached hydrogens (tertiary/aromatic N) is 1. The second-order valence-corrected chi connectivity index (χ2v) is 4.14. The number of benzene rings is 1. The molecule has 0 aromatic heterocycles. The van der Waals surface area contributed by atoms with Crippen molar-refractivity contribution in [3.63, 3.8) is 0 Å². The molecule has 0 atom stereocenters. The third-order valence-corrected chi connectivity index (χ3v) is 3.26. The van der Waals surface area contributed by atoms with Crippen LogP contribution in [-0.2, 0) is 0 Å². The molecule has 2 aliphatic rings. The Labute approximate surface area is 84.9 Å². The van der Waals surface area contributed by atoms with Gasteiger partial charge in [0.1, 0.15) is 6.67 Å². The van der Waals surface area contributed by atoms with E-state index in [-0.39, 0.29) is 0 Å². The molecule has 1 aromatic rings. The summed E-state index contributed by atoms with van der Waals surface area (Å²) in [5, 5.41) is 3.33. The quantitative estimate of drug-likeness (QED) is 0.727. The van der Waals surface area contributed by atoms with Crippen molar-refractivity contribution in [3.05, 3.63) is 30.9 Å². The lowest BCUT2D eigenvalue weighted by atomic mass is 10.2. The molecule has 0 amide bonds. The number of nitrogens with one attached hydrogen (secondary N) is 1. The summed E-state index contributed by atoms with van der Waals surface area (Å²) in [6, 6.07) is 9.26. The molecular formula is C12H15N2. The van der Waals surface area contributed by atoms with Crippen LogP contribution in [0.15, 0.2) is 24.3 Å². The van der Waals surface area contributed by atoms with Crippen molar-refractivity contribution in [2.45, 2.75) is 31.7 Å². The van der Waals surface area contributed by atoms with Crippen LogP contribution in [0.3, 0.4) is 0 Å². The Kier molecular flexibility index (Phi) is 1.86. The molecule has 1 fully saturated rings. The first-order chi connectivity index (χ1) is 6.95.